The molecule has 4 N–H and O–H groups in total. The summed E-state index contributed by atoms with van der Waals surface area (Å²) < 4.78 is 0.780. The SMILES string of the molecule is Nc1cccc(C(=O)Nc2ccc(I)cc2C(=O)O)c1. The molecule has 0 saturated heterocycles. The van der Waals surface area contributed by atoms with Gasteiger partial charge in [0.15, 0.2) is 0 Å². The van der Waals surface area contributed by atoms with Crippen LogP contribution in [0.4, 0.5) is 11.4 Å². The zero-order valence-corrected chi connectivity index (χ0v) is 12.4. The first-order chi connectivity index (χ1) is 9.47. The maximum absolute atomic E-state index is 12.1. The Labute approximate surface area is 128 Å². The summed E-state index contributed by atoms with van der Waals surface area (Å²) in [7, 11) is 0. The highest BCUT2D eigenvalue weighted by Gasteiger charge is 2.14. The van der Waals surface area contributed by atoms with Crippen molar-refractivity contribution in [3.05, 3.63) is 57.2 Å². The van der Waals surface area contributed by atoms with Crippen LogP contribution in [-0.2, 0) is 0 Å². The van der Waals surface area contributed by atoms with Gasteiger partial charge in [-0.15, -0.1) is 0 Å². The highest BCUT2D eigenvalue weighted by Crippen LogP contribution is 2.20. The molecular weight excluding hydrogens is 371 g/mol. The maximum Gasteiger partial charge on any atom is 0.337 e. The van der Waals surface area contributed by atoms with Gasteiger partial charge in [-0.1, -0.05) is 6.07 Å². The number of nitrogen functional groups attached to an aromatic ring is 1. The van der Waals surface area contributed by atoms with Crippen molar-refractivity contribution in [1.82, 2.24) is 0 Å². The minimum atomic E-state index is -1.09. The molecule has 2 aromatic rings. The number of anilines is 2. The number of hydrogen-bond donors (Lipinski definition) is 3. The van der Waals surface area contributed by atoms with Gasteiger partial charge in [0, 0.05) is 14.8 Å². The first-order valence-electron chi connectivity index (χ1n) is 5.67. The van der Waals surface area contributed by atoms with Crippen LogP contribution in [0.5, 0.6) is 0 Å². The average molecular weight is 382 g/mol. The normalized spacial score (nSPS) is 10.1. The number of amides is 1. The summed E-state index contributed by atoms with van der Waals surface area (Å²) in [6.45, 7) is 0. The van der Waals surface area contributed by atoms with Crippen molar-refractivity contribution in [2.75, 3.05) is 11.1 Å². The summed E-state index contributed by atoms with van der Waals surface area (Å²) in [5.74, 6) is -1.49. The molecule has 5 nitrogen and oxygen atoms in total. The van der Waals surface area contributed by atoms with Crippen LogP contribution < -0.4 is 11.1 Å². The molecule has 2 aromatic carbocycles. The van der Waals surface area contributed by atoms with Gasteiger partial charge in [-0.05, 0) is 59.0 Å². The van der Waals surface area contributed by atoms with Crippen LogP contribution in [-0.4, -0.2) is 17.0 Å². The van der Waals surface area contributed by atoms with Gasteiger partial charge in [0.1, 0.15) is 0 Å². The summed E-state index contributed by atoms with van der Waals surface area (Å²) in [6, 6.07) is 11.3. The van der Waals surface area contributed by atoms with Gasteiger partial charge in [-0.25, -0.2) is 4.79 Å². The number of carboxylic acid groups (broad SMARTS) is 1. The Bertz CT molecular complexity index is 686. The van der Waals surface area contributed by atoms with Gasteiger partial charge in [0.05, 0.1) is 11.3 Å². The topological polar surface area (TPSA) is 92.4 Å². The molecule has 0 atom stereocenters. The van der Waals surface area contributed by atoms with E-state index in [0.29, 0.717) is 11.3 Å². The lowest BCUT2D eigenvalue weighted by Gasteiger charge is -2.09. The fourth-order valence-corrected chi connectivity index (χ4v) is 2.17. The van der Waals surface area contributed by atoms with E-state index in [0.717, 1.165) is 3.57 Å². The number of nitrogens with one attached hydrogen (secondary N) is 1. The Morgan fingerprint density at radius 3 is 2.55 bits per heavy atom. The van der Waals surface area contributed by atoms with Crippen LogP contribution in [0.2, 0.25) is 0 Å². The lowest BCUT2D eigenvalue weighted by atomic mass is 10.1. The molecule has 1 amide bonds. The third kappa shape index (κ3) is 3.27. The number of carbonyl (C=O) groups is 2. The van der Waals surface area contributed by atoms with Crippen molar-refractivity contribution < 1.29 is 14.7 Å². The molecule has 0 saturated carbocycles. The van der Waals surface area contributed by atoms with Gasteiger partial charge in [0.2, 0.25) is 0 Å². The third-order valence-electron chi connectivity index (χ3n) is 2.61. The molecule has 0 fully saturated rings. The monoisotopic (exact) mass is 382 g/mol. The van der Waals surface area contributed by atoms with Crippen LogP contribution in [0.1, 0.15) is 20.7 Å². The smallest absolute Gasteiger partial charge is 0.337 e. The Hall–Kier alpha value is -2.09. The third-order valence-corrected chi connectivity index (χ3v) is 3.28. The number of rotatable bonds is 3. The van der Waals surface area contributed by atoms with E-state index < -0.39 is 11.9 Å². The van der Waals surface area contributed by atoms with Gasteiger partial charge in [-0.2, -0.15) is 0 Å². The average Bonchev–Trinajstić information content (AvgIpc) is 2.40. The number of halogens is 1. The zero-order chi connectivity index (χ0) is 14.7. The van der Waals surface area contributed by atoms with Crippen molar-refractivity contribution in [3.8, 4) is 0 Å². The van der Waals surface area contributed by atoms with E-state index in [1.165, 1.54) is 12.1 Å². The quantitative estimate of drug-likeness (QED) is 0.562. The minimum absolute atomic E-state index is 0.0501. The van der Waals surface area contributed by atoms with Crippen LogP contribution in [0.3, 0.4) is 0 Å². The predicted molar refractivity (Wildman–Crippen MR) is 84.9 cm³/mol. The van der Waals surface area contributed by atoms with Crippen molar-refractivity contribution >= 4 is 45.8 Å². The summed E-state index contributed by atoms with van der Waals surface area (Å²) in [4.78, 5) is 23.2. The molecule has 0 bridgehead atoms. The lowest BCUT2D eigenvalue weighted by Crippen LogP contribution is -2.15. The molecule has 0 spiro atoms. The standard InChI is InChI=1S/C14H11IN2O3/c15-9-4-5-12(11(7-9)14(19)20)17-13(18)8-2-1-3-10(16)6-8/h1-7H,16H2,(H,17,18)(H,19,20). The Balaban J connectivity index is 2.30. The van der Waals surface area contributed by atoms with E-state index in [2.05, 4.69) is 5.32 Å². The van der Waals surface area contributed by atoms with Crippen LogP contribution in [0.15, 0.2) is 42.5 Å². The summed E-state index contributed by atoms with van der Waals surface area (Å²) in [5, 5.41) is 11.7. The zero-order valence-electron chi connectivity index (χ0n) is 10.3. The molecule has 0 aliphatic carbocycles. The highest BCUT2D eigenvalue weighted by molar-refractivity contribution is 14.1. The van der Waals surface area contributed by atoms with Crippen molar-refractivity contribution in [1.29, 1.82) is 0 Å². The first-order valence-corrected chi connectivity index (χ1v) is 6.75. The Morgan fingerprint density at radius 1 is 1.15 bits per heavy atom. The summed E-state index contributed by atoms with van der Waals surface area (Å²) >= 11 is 2.01. The van der Waals surface area contributed by atoms with Crippen LogP contribution >= 0.6 is 22.6 Å². The number of hydrogen-bond acceptors (Lipinski definition) is 3. The number of nitrogens with two attached hydrogens (primary N) is 1. The number of aromatic carboxylic acids is 1. The maximum atomic E-state index is 12.1. The second-order valence-electron chi connectivity index (χ2n) is 4.07. The van der Waals surface area contributed by atoms with Gasteiger partial charge < -0.3 is 16.2 Å². The van der Waals surface area contributed by atoms with E-state index in [1.54, 1.807) is 30.3 Å². The number of carboxylic acids is 1. The fraction of sp³-hybridized carbons (Fsp3) is 0. The van der Waals surface area contributed by atoms with Crippen molar-refractivity contribution in [2.45, 2.75) is 0 Å². The molecule has 0 radical (unpaired) electrons. The number of carbonyl (C=O) groups excluding carboxylic acids is 1. The second kappa shape index (κ2) is 5.91. The van der Waals surface area contributed by atoms with E-state index in [4.69, 9.17) is 10.8 Å². The Morgan fingerprint density at radius 2 is 1.90 bits per heavy atom. The molecule has 0 aromatic heterocycles. The van der Waals surface area contributed by atoms with E-state index in [1.807, 2.05) is 22.6 Å². The molecule has 20 heavy (non-hydrogen) atoms. The molecular formula is C14H11IN2O3. The Kier molecular flexibility index (Phi) is 4.23. The summed E-state index contributed by atoms with van der Waals surface area (Å²) in [5.41, 5.74) is 6.76. The van der Waals surface area contributed by atoms with E-state index in [9.17, 15) is 9.59 Å². The van der Waals surface area contributed by atoms with E-state index in [-0.39, 0.29) is 11.3 Å². The van der Waals surface area contributed by atoms with Gasteiger partial charge in [-0.3, -0.25) is 4.79 Å². The lowest BCUT2D eigenvalue weighted by molar-refractivity contribution is 0.0698. The highest BCUT2D eigenvalue weighted by atomic mass is 127. The van der Waals surface area contributed by atoms with Crippen LogP contribution in [0.25, 0.3) is 0 Å². The van der Waals surface area contributed by atoms with E-state index >= 15 is 0 Å². The molecule has 6 heteroatoms. The van der Waals surface area contributed by atoms with Crippen molar-refractivity contribution in [2.24, 2.45) is 0 Å². The molecule has 0 aliphatic rings. The minimum Gasteiger partial charge on any atom is -0.478 e. The predicted octanol–water partition coefficient (Wildman–Crippen LogP) is 2.82. The van der Waals surface area contributed by atoms with Crippen molar-refractivity contribution in [3.63, 3.8) is 0 Å². The molecule has 0 unspecified atom stereocenters. The fourth-order valence-electron chi connectivity index (χ4n) is 1.68. The second-order valence-corrected chi connectivity index (χ2v) is 5.32. The molecule has 0 aliphatic heterocycles. The number of benzene rings is 2. The molecule has 2 rings (SSSR count). The van der Waals surface area contributed by atoms with Crippen LogP contribution in [0, 0.1) is 3.57 Å². The largest absolute Gasteiger partial charge is 0.478 e. The molecule has 0 heterocycles. The summed E-state index contributed by atoms with van der Waals surface area (Å²) in [6.07, 6.45) is 0. The molecule has 102 valence electrons. The van der Waals surface area contributed by atoms with Gasteiger partial charge in [0.25, 0.3) is 5.91 Å². The van der Waals surface area contributed by atoms with Gasteiger partial charge >= 0.3 is 5.97 Å². The first kappa shape index (κ1) is 14.3.